The predicted octanol–water partition coefficient (Wildman–Crippen LogP) is 5.81. The Balaban J connectivity index is 1.25. The van der Waals surface area contributed by atoms with Crippen LogP contribution in [0.2, 0.25) is 0 Å². The third-order valence-electron chi connectivity index (χ3n) is 10.5. The van der Waals surface area contributed by atoms with Crippen molar-refractivity contribution in [3.63, 3.8) is 0 Å². The highest BCUT2D eigenvalue weighted by molar-refractivity contribution is 6.01. The summed E-state index contributed by atoms with van der Waals surface area (Å²) in [5.74, 6) is -0.747. The molecule has 2 bridgehead atoms. The summed E-state index contributed by atoms with van der Waals surface area (Å²) in [5, 5.41) is 11.7. The van der Waals surface area contributed by atoms with Gasteiger partial charge < -0.3 is 19.6 Å². The predicted molar refractivity (Wildman–Crippen MR) is 168 cm³/mol. The molecule has 4 aromatic rings. The van der Waals surface area contributed by atoms with E-state index in [1.165, 1.54) is 24.3 Å². The molecule has 0 saturated carbocycles. The number of piperazine rings is 1. The van der Waals surface area contributed by atoms with Gasteiger partial charge >= 0.3 is 6.01 Å². The van der Waals surface area contributed by atoms with Gasteiger partial charge in [0.25, 0.3) is 0 Å². The number of aromatic nitrogens is 2. The van der Waals surface area contributed by atoms with Gasteiger partial charge in [0.2, 0.25) is 5.91 Å². The summed E-state index contributed by atoms with van der Waals surface area (Å²) in [4.78, 5) is 28.7. The van der Waals surface area contributed by atoms with E-state index in [1.807, 2.05) is 4.90 Å². The highest BCUT2D eigenvalue weighted by Gasteiger charge is 2.45. The van der Waals surface area contributed by atoms with Crippen LogP contribution in [0.3, 0.4) is 0 Å². The number of hydrogen-bond acceptors (Lipinski definition) is 7. The number of phenolic OH excluding ortho intramolecular Hbond substituents is 1. The molecular weight excluding hydrogens is 576 g/mol. The van der Waals surface area contributed by atoms with Crippen LogP contribution >= 0.6 is 0 Å². The van der Waals surface area contributed by atoms with Crippen molar-refractivity contribution in [3.8, 4) is 22.9 Å². The molecule has 4 aliphatic heterocycles. The van der Waals surface area contributed by atoms with Crippen LogP contribution in [-0.4, -0.2) is 81.2 Å². The average Bonchev–Trinajstić information content (AvgIpc) is 3.70. The van der Waals surface area contributed by atoms with E-state index >= 15 is 8.78 Å². The maximum absolute atomic E-state index is 16.8. The van der Waals surface area contributed by atoms with Crippen LogP contribution in [-0.2, 0) is 4.79 Å². The molecule has 2 unspecified atom stereocenters. The van der Waals surface area contributed by atoms with Gasteiger partial charge in [-0.1, -0.05) is 24.8 Å². The summed E-state index contributed by atoms with van der Waals surface area (Å²) in [6.45, 7) is 7.31. The number of ether oxygens (including phenoxy) is 1. The van der Waals surface area contributed by atoms with Crippen LogP contribution in [0.1, 0.15) is 38.5 Å². The standard InChI is InChI=1S/C35H35F2N5O3/c1-2-29(44)42-22-8-9-23(42)19-40(18-22)33-26-11-10-25(27-17-24(43)16-21-6-3-7-28(36)30(21)27)31(37)32(26)38-34(39-33)45-20-35-12-4-14-41(35)15-5-13-35/h2-3,6-7,10-11,16-17,22-23,43H,1,4-5,8-9,12-15,18-20H2. The van der Waals surface area contributed by atoms with Crippen LogP contribution in [0.4, 0.5) is 14.6 Å². The van der Waals surface area contributed by atoms with Crippen LogP contribution < -0.4 is 9.64 Å². The zero-order valence-corrected chi connectivity index (χ0v) is 25.0. The summed E-state index contributed by atoms with van der Waals surface area (Å²) in [6, 6.07) is 10.9. The molecule has 232 valence electrons. The van der Waals surface area contributed by atoms with Gasteiger partial charge in [-0.15, -0.1) is 0 Å². The van der Waals surface area contributed by atoms with Gasteiger partial charge in [-0.05, 0) is 92.9 Å². The molecular formula is C35H35F2N5O3. The first-order valence-electron chi connectivity index (χ1n) is 15.8. The minimum Gasteiger partial charge on any atom is -0.508 e. The number of phenols is 1. The van der Waals surface area contributed by atoms with Gasteiger partial charge in [-0.3, -0.25) is 9.69 Å². The first kappa shape index (κ1) is 28.2. The summed E-state index contributed by atoms with van der Waals surface area (Å²) in [7, 11) is 0. The Morgan fingerprint density at radius 1 is 1.04 bits per heavy atom. The number of fused-ring (bicyclic) bond motifs is 5. The van der Waals surface area contributed by atoms with Crippen molar-refractivity contribution in [1.29, 1.82) is 0 Å². The van der Waals surface area contributed by atoms with Crippen LogP contribution in [0.15, 0.2) is 55.1 Å². The Hall–Kier alpha value is -4.31. The van der Waals surface area contributed by atoms with Gasteiger partial charge in [0, 0.05) is 41.5 Å². The molecule has 1 N–H and O–H groups in total. The molecule has 3 aromatic carbocycles. The SMILES string of the molecule is C=CC(=O)N1C2CCC1CN(c1nc(OCC34CCCN3CCC4)nc3c(F)c(-c4cc(O)cc5cccc(F)c45)ccc13)C2. The van der Waals surface area contributed by atoms with Gasteiger partial charge in [0.15, 0.2) is 5.82 Å². The molecule has 45 heavy (non-hydrogen) atoms. The van der Waals surface area contributed by atoms with Crippen molar-refractivity contribution < 1.29 is 23.4 Å². The minimum absolute atomic E-state index is 0.00110. The quantitative estimate of drug-likeness (QED) is 0.276. The lowest BCUT2D eigenvalue weighted by Gasteiger charge is -2.41. The molecule has 0 aliphatic carbocycles. The molecule has 0 spiro atoms. The lowest BCUT2D eigenvalue weighted by molar-refractivity contribution is -0.129. The lowest BCUT2D eigenvalue weighted by Crippen LogP contribution is -2.55. The van der Waals surface area contributed by atoms with Crippen LogP contribution in [0.5, 0.6) is 11.8 Å². The van der Waals surface area contributed by atoms with Gasteiger partial charge in [0.1, 0.15) is 29.5 Å². The molecule has 2 atom stereocenters. The van der Waals surface area contributed by atoms with Crippen LogP contribution in [0, 0.1) is 11.6 Å². The molecule has 4 fully saturated rings. The van der Waals surface area contributed by atoms with Crippen molar-refractivity contribution in [2.75, 3.05) is 37.7 Å². The largest absolute Gasteiger partial charge is 0.508 e. The second-order valence-electron chi connectivity index (χ2n) is 12.9. The number of aromatic hydroxyl groups is 1. The maximum atomic E-state index is 16.8. The second kappa shape index (κ2) is 10.7. The van der Waals surface area contributed by atoms with E-state index in [-0.39, 0.29) is 57.3 Å². The van der Waals surface area contributed by atoms with Gasteiger partial charge in [0.05, 0.1) is 5.54 Å². The fraction of sp³-hybridized carbons (Fsp3) is 0.400. The highest BCUT2D eigenvalue weighted by atomic mass is 19.1. The van der Waals surface area contributed by atoms with Crippen molar-refractivity contribution in [2.24, 2.45) is 0 Å². The maximum Gasteiger partial charge on any atom is 0.319 e. The molecule has 5 heterocycles. The smallest absolute Gasteiger partial charge is 0.319 e. The average molecular weight is 612 g/mol. The number of carbonyl (C=O) groups is 1. The van der Waals surface area contributed by atoms with E-state index in [0.717, 1.165) is 51.6 Å². The number of benzene rings is 3. The zero-order valence-electron chi connectivity index (χ0n) is 25.0. The first-order chi connectivity index (χ1) is 21.8. The number of halogens is 2. The number of hydrogen-bond donors (Lipinski definition) is 1. The lowest BCUT2D eigenvalue weighted by atomic mass is 9.95. The Morgan fingerprint density at radius 2 is 1.80 bits per heavy atom. The Morgan fingerprint density at radius 3 is 2.53 bits per heavy atom. The fourth-order valence-corrected chi connectivity index (χ4v) is 8.42. The van der Waals surface area contributed by atoms with E-state index < -0.39 is 11.6 Å². The fourth-order valence-electron chi connectivity index (χ4n) is 8.42. The Kier molecular flexibility index (Phi) is 6.67. The van der Waals surface area contributed by atoms with Crippen molar-refractivity contribution in [3.05, 3.63) is 66.8 Å². The summed E-state index contributed by atoms with van der Waals surface area (Å²) in [5.41, 5.74) is 0.393. The van der Waals surface area contributed by atoms with Crippen LogP contribution in [0.25, 0.3) is 32.8 Å². The monoisotopic (exact) mass is 611 g/mol. The first-order valence-corrected chi connectivity index (χ1v) is 15.8. The topological polar surface area (TPSA) is 82.0 Å². The second-order valence-corrected chi connectivity index (χ2v) is 12.9. The number of amides is 1. The normalized spacial score (nSPS) is 22.4. The minimum atomic E-state index is -0.638. The Labute approximate surface area is 259 Å². The van der Waals surface area contributed by atoms with Crippen molar-refractivity contribution in [1.82, 2.24) is 19.8 Å². The molecule has 4 aliphatic rings. The zero-order chi connectivity index (χ0) is 30.9. The molecule has 4 saturated heterocycles. The van der Waals surface area contributed by atoms with Crippen molar-refractivity contribution >= 4 is 33.4 Å². The number of nitrogens with zero attached hydrogens (tertiary/aromatic N) is 5. The summed E-state index contributed by atoms with van der Waals surface area (Å²) in [6.07, 6.45) is 7.45. The van der Waals surface area contributed by atoms with E-state index in [1.54, 1.807) is 24.3 Å². The number of anilines is 1. The van der Waals surface area contributed by atoms with E-state index in [9.17, 15) is 9.90 Å². The third kappa shape index (κ3) is 4.52. The highest BCUT2D eigenvalue weighted by Crippen LogP contribution is 2.42. The molecule has 8 rings (SSSR count). The van der Waals surface area contributed by atoms with Crippen molar-refractivity contribution in [2.45, 2.75) is 56.1 Å². The molecule has 8 nitrogen and oxygen atoms in total. The summed E-state index contributed by atoms with van der Waals surface area (Å²) >= 11 is 0. The van der Waals surface area contributed by atoms with E-state index in [2.05, 4.69) is 21.4 Å². The molecule has 1 amide bonds. The third-order valence-corrected chi connectivity index (χ3v) is 10.5. The number of carbonyl (C=O) groups excluding carboxylic acids is 1. The van der Waals surface area contributed by atoms with Gasteiger partial charge in [-0.25, -0.2) is 8.78 Å². The Bertz CT molecular complexity index is 1840. The summed E-state index contributed by atoms with van der Waals surface area (Å²) < 4.78 is 38.3. The number of rotatable bonds is 6. The molecule has 0 radical (unpaired) electrons. The van der Waals surface area contributed by atoms with E-state index in [0.29, 0.717) is 36.3 Å². The molecule has 10 heteroatoms. The molecule has 1 aromatic heterocycles. The van der Waals surface area contributed by atoms with E-state index in [4.69, 9.17) is 9.72 Å². The van der Waals surface area contributed by atoms with Gasteiger partial charge in [-0.2, -0.15) is 9.97 Å².